The molecule has 7 heteroatoms. The first-order valence-electron chi connectivity index (χ1n) is 11.4. The smallest absolute Gasteiger partial charge is 0.329 e. The van der Waals surface area contributed by atoms with E-state index in [0.29, 0.717) is 23.1 Å². The number of likely N-dealkylation sites (tertiary alicyclic amines) is 1. The number of ether oxygens (including phenoxy) is 1. The average molecular weight is 449 g/mol. The number of benzene rings is 2. The molecular formula is C26H28N2O5. The molecule has 2 heterocycles. The molecule has 0 bridgehead atoms. The summed E-state index contributed by atoms with van der Waals surface area (Å²) >= 11 is 0. The van der Waals surface area contributed by atoms with Gasteiger partial charge in [-0.3, -0.25) is 19.3 Å². The van der Waals surface area contributed by atoms with Crippen LogP contribution in [0.25, 0.3) is 0 Å². The van der Waals surface area contributed by atoms with Crippen molar-refractivity contribution >= 4 is 23.7 Å². The SMILES string of the molecule is CC(C)CC(C(=O)OCc1ccc(C(=O)N2CCCC2)cc1)N1C(=O)c2ccccc2C1=O. The molecule has 2 aliphatic heterocycles. The van der Waals surface area contributed by atoms with E-state index in [4.69, 9.17) is 4.74 Å². The Morgan fingerprint density at radius 2 is 1.48 bits per heavy atom. The number of carbonyl (C=O) groups excluding carboxylic acids is 4. The van der Waals surface area contributed by atoms with Gasteiger partial charge in [0.2, 0.25) is 0 Å². The summed E-state index contributed by atoms with van der Waals surface area (Å²) in [5, 5.41) is 0. The average Bonchev–Trinajstić information content (AvgIpc) is 3.44. The summed E-state index contributed by atoms with van der Waals surface area (Å²) < 4.78 is 5.52. The van der Waals surface area contributed by atoms with Crippen molar-refractivity contribution in [2.75, 3.05) is 13.1 Å². The van der Waals surface area contributed by atoms with E-state index in [2.05, 4.69) is 0 Å². The van der Waals surface area contributed by atoms with Crippen LogP contribution in [-0.4, -0.2) is 52.6 Å². The second-order valence-corrected chi connectivity index (χ2v) is 8.98. The van der Waals surface area contributed by atoms with Gasteiger partial charge in [-0.25, -0.2) is 4.79 Å². The minimum absolute atomic E-state index is 0.00518. The first-order valence-corrected chi connectivity index (χ1v) is 11.4. The van der Waals surface area contributed by atoms with E-state index >= 15 is 0 Å². The van der Waals surface area contributed by atoms with Crippen LogP contribution in [0, 0.1) is 5.92 Å². The molecule has 3 amide bonds. The first-order chi connectivity index (χ1) is 15.9. The van der Waals surface area contributed by atoms with E-state index in [1.165, 1.54) is 0 Å². The zero-order valence-electron chi connectivity index (χ0n) is 19.0. The number of esters is 1. The van der Waals surface area contributed by atoms with Gasteiger partial charge < -0.3 is 9.64 Å². The lowest BCUT2D eigenvalue weighted by Gasteiger charge is -2.26. The molecule has 1 atom stereocenters. The highest BCUT2D eigenvalue weighted by molar-refractivity contribution is 6.22. The normalized spacial score (nSPS) is 16.3. The zero-order valence-corrected chi connectivity index (χ0v) is 19.0. The Bertz CT molecular complexity index is 1040. The number of amides is 3. The Kier molecular flexibility index (Phi) is 6.58. The van der Waals surface area contributed by atoms with Crippen molar-refractivity contribution in [3.63, 3.8) is 0 Å². The van der Waals surface area contributed by atoms with Crippen molar-refractivity contribution in [3.8, 4) is 0 Å². The largest absolute Gasteiger partial charge is 0.459 e. The molecule has 172 valence electrons. The Morgan fingerprint density at radius 3 is 2.03 bits per heavy atom. The molecule has 2 aliphatic rings. The van der Waals surface area contributed by atoms with Gasteiger partial charge in [-0.15, -0.1) is 0 Å². The number of hydrogen-bond donors (Lipinski definition) is 0. The summed E-state index contributed by atoms with van der Waals surface area (Å²) in [6, 6.07) is 12.6. The quantitative estimate of drug-likeness (QED) is 0.477. The maximum absolute atomic E-state index is 13.0. The lowest BCUT2D eigenvalue weighted by molar-refractivity contribution is -0.150. The molecule has 0 radical (unpaired) electrons. The number of nitrogens with zero attached hydrogens (tertiary/aromatic N) is 2. The van der Waals surface area contributed by atoms with Crippen molar-refractivity contribution in [2.45, 2.75) is 45.8 Å². The van der Waals surface area contributed by atoms with Gasteiger partial charge >= 0.3 is 5.97 Å². The van der Waals surface area contributed by atoms with Crippen LogP contribution in [0.3, 0.4) is 0 Å². The van der Waals surface area contributed by atoms with Gasteiger partial charge in [-0.1, -0.05) is 38.1 Å². The van der Waals surface area contributed by atoms with E-state index in [1.807, 2.05) is 18.7 Å². The maximum atomic E-state index is 13.0. The van der Waals surface area contributed by atoms with Crippen LogP contribution in [0.4, 0.5) is 0 Å². The molecule has 2 aromatic carbocycles. The van der Waals surface area contributed by atoms with Gasteiger partial charge in [0.15, 0.2) is 0 Å². The second-order valence-electron chi connectivity index (χ2n) is 8.98. The number of hydrogen-bond acceptors (Lipinski definition) is 5. The molecule has 0 spiro atoms. The number of rotatable bonds is 7. The van der Waals surface area contributed by atoms with E-state index < -0.39 is 23.8 Å². The molecule has 0 saturated carbocycles. The molecule has 7 nitrogen and oxygen atoms in total. The van der Waals surface area contributed by atoms with Crippen molar-refractivity contribution in [3.05, 3.63) is 70.8 Å². The van der Waals surface area contributed by atoms with Gasteiger partial charge in [0, 0.05) is 18.7 Å². The lowest BCUT2D eigenvalue weighted by Crippen LogP contribution is -2.46. The first kappa shape index (κ1) is 22.7. The van der Waals surface area contributed by atoms with Crippen LogP contribution in [0.5, 0.6) is 0 Å². The highest BCUT2D eigenvalue weighted by Gasteiger charge is 2.43. The van der Waals surface area contributed by atoms with Crippen molar-refractivity contribution in [1.82, 2.24) is 9.80 Å². The van der Waals surface area contributed by atoms with Crippen molar-refractivity contribution in [2.24, 2.45) is 5.92 Å². The van der Waals surface area contributed by atoms with Crippen LogP contribution in [-0.2, 0) is 16.1 Å². The molecule has 0 aromatic heterocycles. The molecule has 1 unspecified atom stereocenters. The van der Waals surface area contributed by atoms with Crippen molar-refractivity contribution in [1.29, 1.82) is 0 Å². The van der Waals surface area contributed by atoms with Crippen molar-refractivity contribution < 1.29 is 23.9 Å². The van der Waals surface area contributed by atoms with E-state index in [9.17, 15) is 19.2 Å². The summed E-state index contributed by atoms with van der Waals surface area (Å²) in [4.78, 5) is 54.1. The predicted molar refractivity (Wildman–Crippen MR) is 122 cm³/mol. The standard InChI is InChI=1S/C26H28N2O5/c1-17(2)15-22(28-24(30)20-7-3-4-8-21(20)25(28)31)26(32)33-16-18-9-11-19(12-10-18)23(29)27-13-5-6-14-27/h3-4,7-12,17,22H,5-6,13-16H2,1-2H3. The molecule has 1 fully saturated rings. The summed E-state index contributed by atoms with van der Waals surface area (Å²) in [7, 11) is 0. The zero-order chi connectivity index (χ0) is 23.5. The van der Waals surface area contributed by atoms with E-state index in [1.54, 1.807) is 48.5 Å². The Morgan fingerprint density at radius 1 is 0.909 bits per heavy atom. The molecule has 0 aliphatic carbocycles. The predicted octanol–water partition coefficient (Wildman–Crippen LogP) is 3.68. The van der Waals surface area contributed by atoms with Gasteiger partial charge in [-0.05, 0) is 55.0 Å². The van der Waals surface area contributed by atoms with Gasteiger partial charge in [0.1, 0.15) is 12.6 Å². The molecule has 0 N–H and O–H groups in total. The minimum atomic E-state index is -0.992. The third-order valence-electron chi connectivity index (χ3n) is 6.08. The second kappa shape index (κ2) is 9.57. The summed E-state index contributed by atoms with van der Waals surface area (Å²) in [5.74, 6) is -1.47. The fourth-order valence-corrected chi connectivity index (χ4v) is 4.34. The Hall–Kier alpha value is -3.48. The molecular weight excluding hydrogens is 420 g/mol. The highest BCUT2D eigenvalue weighted by atomic mass is 16.5. The maximum Gasteiger partial charge on any atom is 0.329 e. The van der Waals surface area contributed by atoms with Gasteiger partial charge in [0.05, 0.1) is 11.1 Å². The van der Waals surface area contributed by atoms with E-state index in [0.717, 1.165) is 36.4 Å². The molecule has 2 aromatic rings. The molecule has 1 saturated heterocycles. The fourth-order valence-electron chi connectivity index (χ4n) is 4.34. The number of imide groups is 1. The Balaban J connectivity index is 1.43. The van der Waals surface area contributed by atoms with Crippen LogP contribution in [0.2, 0.25) is 0 Å². The van der Waals surface area contributed by atoms with Gasteiger partial charge in [-0.2, -0.15) is 0 Å². The van der Waals surface area contributed by atoms with Gasteiger partial charge in [0.25, 0.3) is 17.7 Å². The third kappa shape index (κ3) is 4.67. The molecule has 4 rings (SSSR count). The van der Waals surface area contributed by atoms with Crippen LogP contribution >= 0.6 is 0 Å². The summed E-state index contributed by atoms with van der Waals surface area (Å²) in [6.07, 6.45) is 2.38. The number of carbonyl (C=O) groups is 4. The third-order valence-corrected chi connectivity index (χ3v) is 6.08. The lowest BCUT2D eigenvalue weighted by atomic mass is 10.0. The van der Waals surface area contributed by atoms with Crippen LogP contribution < -0.4 is 0 Å². The minimum Gasteiger partial charge on any atom is -0.459 e. The fraction of sp³-hybridized carbons (Fsp3) is 0.385. The Labute approximate surface area is 193 Å². The molecule has 33 heavy (non-hydrogen) atoms. The monoisotopic (exact) mass is 448 g/mol. The van der Waals surface area contributed by atoms with Crippen LogP contribution in [0.1, 0.15) is 69.7 Å². The van der Waals surface area contributed by atoms with Crippen LogP contribution in [0.15, 0.2) is 48.5 Å². The topological polar surface area (TPSA) is 84.0 Å². The summed E-state index contributed by atoms with van der Waals surface area (Å²) in [6.45, 7) is 5.42. The van der Waals surface area contributed by atoms with E-state index in [-0.39, 0.29) is 18.4 Å². The number of fused-ring (bicyclic) bond motifs is 1. The summed E-state index contributed by atoms with van der Waals surface area (Å²) in [5.41, 5.74) is 1.95. The highest BCUT2D eigenvalue weighted by Crippen LogP contribution is 2.27.